The molecule has 0 aliphatic rings. The van der Waals surface area contributed by atoms with Crippen LogP contribution in [0.2, 0.25) is 0 Å². The Balaban J connectivity index is 3.62. The van der Waals surface area contributed by atoms with Gasteiger partial charge < -0.3 is 0 Å². The van der Waals surface area contributed by atoms with E-state index < -0.39 is 43.7 Å². The highest BCUT2D eigenvalue weighted by molar-refractivity contribution is 9.25. The maximum absolute atomic E-state index is 13.2. The van der Waals surface area contributed by atoms with Gasteiger partial charge in [-0.15, -0.1) is 0 Å². The van der Waals surface area contributed by atoms with Crippen molar-refractivity contribution in [1.82, 2.24) is 0 Å². The van der Waals surface area contributed by atoms with E-state index in [-0.39, 0.29) is 0 Å². The van der Waals surface area contributed by atoms with Crippen molar-refractivity contribution in [1.29, 1.82) is 0 Å². The fourth-order valence-electron chi connectivity index (χ4n) is 1.02. The van der Waals surface area contributed by atoms with Crippen LogP contribution >= 0.6 is 31.9 Å². The SMILES string of the molecule is CC(Br)(Br)C(=O)c1c(F)c(F)c(F)c(F)c1F. The summed E-state index contributed by atoms with van der Waals surface area (Å²) in [4.78, 5) is 11.5. The number of Topliss-reactive ketones (excluding diaryl/α,β-unsaturated/α-hetero) is 1. The summed E-state index contributed by atoms with van der Waals surface area (Å²) in [7, 11) is 0. The number of hydrogen-bond donors (Lipinski definition) is 0. The van der Waals surface area contributed by atoms with Crippen molar-refractivity contribution in [3.63, 3.8) is 0 Å². The quantitative estimate of drug-likeness (QED) is 0.248. The van der Waals surface area contributed by atoms with Crippen LogP contribution in [0.25, 0.3) is 0 Å². The third-order valence-electron chi connectivity index (χ3n) is 1.84. The number of alkyl halides is 2. The van der Waals surface area contributed by atoms with Crippen LogP contribution < -0.4 is 0 Å². The first-order chi connectivity index (χ1) is 7.59. The van der Waals surface area contributed by atoms with E-state index in [0.717, 1.165) is 6.92 Å². The molecular weight excluding hydrogens is 379 g/mol. The topological polar surface area (TPSA) is 17.1 Å². The molecular formula is C9H3Br2F5O. The van der Waals surface area contributed by atoms with Crippen molar-refractivity contribution in [2.24, 2.45) is 0 Å². The lowest BCUT2D eigenvalue weighted by Crippen LogP contribution is -2.25. The Bertz CT molecular complexity index is 466. The normalized spacial score (nSPS) is 11.8. The molecule has 0 N–H and O–H groups in total. The number of rotatable bonds is 2. The highest BCUT2D eigenvalue weighted by Crippen LogP contribution is 2.33. The zero-order chi connectivity index (χ0) is 13.5. The van der Waals surface area contributed by atoms with E-state index in [1.807, 2.05) is 0 Å². The van der Waals surface area contributed by atoms with Gasteiger partial charge in [0.15, 0.2) is 29.1 Å². The summed E-state index contributed by atoms with van der Waals surface area (Å²) in [6.45, 7) is 1.15. The number of benzene rings is 1. The average Bonchev–Trinajstić information content (AvgIpc) is 2.22. The van der Waals surface area contributed by atoms with Gasteiger partial charge in [-0.1, -0.05) is 31.9 Å². The van der Waals surface area contributed by atoms with Gasteiger partial charge in [0.05, 0.1) is 5.56 Å². The molecule has 94 valence electrons. The Kier molecular flexibility index (Phi) is 3.97. The van der Waals surface area contributed by atoms with Crippen molar-refractivity contribution in [3.8, 4) is 0 Å². The number of carbonyl (C=O) groups excluding carboxylic acids is 1. The van der Waals surface area contributed by atoms with Crippen LogP contribution in [-0.4, -0.2) is 9.02 Å². The van der Waals surface area contributed by atoms with E-state index >= 15 is 0 Å². The van der Waals surface area contributed by atoms with Gasteiger partial charge in [0, 0.05) is 0 Å². The molecule has 1 nitrogen and oxygen atoms in total. The van der Waals surface area contributed by atoms with Gasteiger partial charge in [0.2, 0.25) is 5.82 Å². The van der Waals surface area contributed by atoms with Gasteiger partial charge in [0.25, 0.3) is 0 Å². The summed E-state index contributed by atoms with van der Waals surface area (Å²) in [5, 5.41) is 0. The minimum Gasteiger partial charge on any atom is -0.291 e. The van der Waals surface area contributed by atoms with Crippen molar-refractivity contribution < 1.29 is 26.7 Å². The predicted octanol–water partition coefficient (Wildman–Crippen LogP) is 4.07. The van der Waals surface area contributed by atoms with Gasteiger partial charge in [-0.25, -0.2) is 22.0 Å². The molecule has 0 fully saturated rings. The first-order valence-corrected chi connectivity index (χ1v) is 5.61. The Morgan fingerprint density at radius 2 is 1.18 bits per heavy atom. The minimum absolute atomic E-state index is 1.15. The molecule has 0 radical (unpaired) electrons. The summed E-state index contributed by atoms with van der Waals surface area (Å²) in [5.41, 5.74) is -1.49. The minimum atomic E-state index is -2.30. The lowest BCUT2D eigenvalue weighted by Gasteiger charge is -2.14. The molecule has 0 aromatic heterocycles. The standard InChI is InChI=1S/C9H3Br2F5O/c1-9(10,11)8(17)2-3(12)5(14)7(16)6(15)4(2)13/h1H3. The van der Waals surface area contributed by atoms with Crippen LogP contribution in [0.3, 0.4) is 0 Å². The largest absolute Gasteiger partial charge is 0.291 e. The second-order valence-electron chi connectivity index (χ2n) is 3.16. The average molecular weight is 382 g/mol. The Morgan fingerprint density at radius 1 is 0.882 bits per heavy atom. The van der Waals surface area contributed by atoms with Gasteiger partial charge in [0.1, 0.15) is 3.23 Å². The highest BCUT2D eigenvalue weighted by atomic mass is 79.9. The molecule has 1 aromatic rings. The van der Waals surface area contributed by atoms with Gasteiger partial charge in [-0.05, 0) is 6.92 Å². The molecule has 0 bridgehead atoms. The van der Waals surface area contributed by atoms with E-state index in [1.165, 1.54) is 0 Å². The molecule has 0 amide bonds. The molecule has 0 atom stereocenters. The summed E-state index contributed by atoms with van der Waals surface area (Å²) < 4.78 is 63.1. The Labute approximate surface area is 109 Å². The Hall–Kier alpha value is -0.500. The van der Waals surface area contributed by atoms with Gasteiger partial charge in [-0.2, -0.15) is 0 Å². The molecule has 8 heteroatoms. The monoisotopic (exact) mass is 380 g/mol. The van der Waals surface area contributed by atoms with Crippen LogP contribution in [-0.2, 0) is 0 Å². The van der Waals surface area contributed by atoms with Crippen molar-refractivity contribution in [2.75, 3.05) is 0 Å². The molecule has 0 saturated carbocycles. The summed E-state index contributed by atoms with van der Waals surface area (Å²) in [6.07, 6.45) is 0. The third kappa shape index (κ3) is 2.52. The maximum Gasteiger partial charge on any atom is 0.200 e. The Morgan fingerprint density at radius 3 is 1.47 bits per heavy atom. The molecule has 0 spiro atoms. The van der Waals surface area contributed by atoms with Crippen LogP contribution in [0.1, 0.15) is 17.3 Å². The fraction of sp³-hybridized carbons (Fsp3) is 0.222. The second-order valence-corrected chi connectivity index (χ2v) is 7.40. The molecule has 1 aromatic carbocycles. The van der Waals surface area contributed by atoms with E-state index in [2.05, 4.69) is 31.9 Å². The van der Waals surface area contributed by atoms with Crippen molar-refractivity contribution in [3.05, 3.63) is 34.6 Å². The number of hydrogen-bond acceptors (Lipinski definition) is 1. The number of carbonyl (C=O) groups is 1. The number of ketones is 1. The van der Waals surface area contributed by atoms with Crippen LogP contribution in [0.5, 0.6) is 0 Å². The first kappa shape index (κ1) is 14.6. The van der Waals surface area contributed by atoms with Crippen LogP contribution in [0, 0.1) is 29.1 Å². The number of halogens is 7. The van der Waals surface area contributed by atoms with E-state index in [1.54, 1.807) is 0 Å². The predicted molar refractivity (Wildman–Crippen MR) is 56.8 cm³/mol. The van der Waals surface area contributed by atoms with Gasteiger partial charge in [-0.3, -0.25) is 4.79 Å². The molecule has 0 unspecified atom stereocenters. The molecule has 17 heavy (non-hydrogen) atoms. The zero-order valence-corrected chi connectivity index (χ0v) is 11.2. The van der Waals surface area contributed by atoms with Gasteiger partial charge >= 0.3 is 0 Å². The molecule has 0 aliphatic heterocycles. The van der Waals surface area contributed by atoms with Crippen molar-refractivity contribution in [2.45, 2.75) is 10.2 Å². The smallest absolute Gasteiger partial charge is 0.200 e. The van der Waals surface area contributed by atoms with Crippen LogP contribution in [0.4, 0.5) is 22.0 Å². The van der Waals surface area contributed by atoms with Crippen molar-refractivity contribution >= 4 is 37.6 Å². The summed E-state index contributed by atoms with van der Waals surface area (Å²) in [6, 6.07) is 0. The highest BCUT2D eigenvalue weighted by Gasteiger charge is 2.36. The summed E-state index contributed by atoms with van der Waals surface area (Å²) in [5.74, 6) is -12.2. The molecule has 1 rings (SSSR count). The lowest BCUT2D eigenvalue weighted by atomic mass is 10.1. The van der Waals surface area contributed by atoms with E-state index in [9.17, 15) is 26.7 Å². The molecule has 0 heterocycles. The lowest BCUT2D eigenvalue weighted by molar-refractivity contribution is 0.0976. The third-order valence-corrected chi connectivity index (χ3v) is 2.56. The second kappa shape index (κ2) is 4.64. The first-order valence-electron chi connectivity index (χ1n) is 4.03. The molecule has 0 aliphatic carbocycles. The zero-order valence-electron chi connectivity index (χ0n) is 8.05. The van der Waals surface area contributed by atoms with E-state index in [0.29, 0.717) is 0 Å². The van der Waals surface area contributed by atoms with E-state index in [4.69, 9.17) is 0 Å². The fourth-order valence-corrected chi connectivity index (χ4v) is 1.42. The maximum atomic E-state index is 13.2. The molecule has 0 saturated heterocycles. The summed E-state index contributed by atoms with van der Waals surface area (Å²) >= 11 is 5.42. The van der Waals surface area contributed by atoms with Crippen LogP contribution in [0.15, 0.2) is 0 Å².